The van der Waals surface area contributed by atoms with Crippen LogP contribution in [0.2, 0.25) is 0 Å². The van der Waals surface area contributed by atoms with E-state index in [0.717, 1.165) is 53.5 Å². The molecule has 1 saturated heterocycles. The van der Waals surface area contributed by atoms with E-state index in [9.17, 15) is 4.39 Å². The maximum Gasteiger partial charge on any atom is 0.152 e. The molecule has 6 rings (SSSR count). The number of ether oxygens (including phenoxy) is 1. The largest absolute Gasteiger partial charge is 0.495 e. The Hall–Kier alpha value is -3.61. The summed E-state index contributed by atoms with van der Waals surface area (Å²) in [6.07, 6.45) is 10.5. The summed E-state index contributed by atoms with van der Waals surface area (Å²) >= 11 is 0. The van der Waals surface area contributed by atoms with E-state index < -0.39 is 0 Å². The molecular weight excluding hydrogens is 453 g/mol. The zero-order valence-corrected chi connectivity index (χ0v) is 21.0. The van der Waals surface area contributed by atoms with Gasteiger partial charge in [0.05, 0.1) is 36.9 Å². The van der Waals surface area contributed by atoms with Crippen LogP contribution < -0.4 is 10.2 Å². The van der Waals surface area contributed by atoms with Crippen molar-refractivity contribution in [2.24, 2.45) is 10.5 Å². The lowest BCUT2D eigenvalue weighted by molar-refractivity contribution is 0.174. The molecule has 1 aromatic heterocycles. The van der Waals surface area contributed by atoms with Gasteiger partial charge in [-0.25, -0.2) is 9.37 Å². The van der Waals surface area contributed by atoms with Crippen molar-refractivity contribution in [3.05, 3.63) is 83.2 Å². The number of aromatic nitrogens is 2. The third kappa shape index (κ3) is 4.06. The van der Waals surface area contributed by atoms with E-state index in [1.807, 2.05) is 36.1 Å². The van der Waals surface area contributed by atoms with Gasteiger partial charge >= 0.3 is 0 Å². The van der Waals surface area contributed by atoms with Crippen LogP contribution in [-0.4, -0.2) is 40.0 Å². The third-order valence-corrected chi connectivity index (χ3v) is 7.83. The summed E-state index contributed by atoms with van der Waals surface area (Å²) in [6.45, 7) is 5.15. The maximum atomic E-state index is 13.7. The van der Waals surface area contributed by atoms with E-state index in [1.165, 1.54) is 18.4 Å². The van der Waals surface area contributed by atoms with Crippen molar-refractivity contribution in [2.75, 3.05) is 13.7 Å². The van der Waals surface area contributed by atoms with Gasteiger partial charge in [-0.05, 0) is 85.1 Å². The fraction of sp³-hybridized carbons (Fsp3) is 0.379. The fourth-order valence-electron chi connectivity index (χ4n) is 5.72. The maximum absolute atomic E-state index is 13.7. The summed E-state index contributed by atoms with van der Waals surface area (Å²) in [5.74, 6) is 1.60. The molecule has 7 heteroatoms. The zero-order chi connectivity index (χ0) is 24.9. The highest BCUT2D eigenvalue weighted by Gasteiger charge is 2.52. The lowest BCUT2D eigenvalue weighted by Crippen LogP contribution is -2.54. The summed E-state index contributed by atoms with van der Waals surface area (Å²) < 4.78 is 21.5. The van der Waals surface area contributed by atoms with Gasteiger partial charge in [0.15, 0.2) is 5.84 Å². The van der Waals surface area contributed by atoms with E-state index >= 15 is 0 Å². The Morgan fingerprint density at radius 3 is 2.67 bits per heavy atom. The molecule has 186 valence electrons. The predicted molar refractivity (Wildman–Crippen MR) is 140 cm³/mol. The number of nitrogens with one attached hydrogen (secondary N) is 1. The van der Waals surface area contributed by atoms with Crippen LogP contribution in [0.3, 0.4) is 0 Å². The number of aryl methyl sites for hydroxylation is 1. The van der Waals surface area contributed by atoms with Crippen molar-refractivity contribution < 1.29 is 9.13 Å². The van der Waals surface area contributed by atoms with Crippen LogP contribution in [-0.2, 0) is 0 Å². The van der Waals surface area contributed by atoms with Gasteiger partial charge in [-0.3, -0.25) is 0 Å². The summed E-state index contributed by atoms with van der Waals surface area (Å²) in [5.41, 5.74) is 9.10. The predicted octanol–water partition coefficient (Wildman–Crippen LogP) is 5.63. The minimum Gasteiger partial charge on any atom is -0.495 e. The first kappa shape index (κ1) is 22.8. The monoisotopic (exact) mass is 485 g/mol. The van der Waals surface area contributed by atoms with E-state index in [2.05, 4.69) is 46.5 Å². The van der Waals surface area contributed by atoms with Gasteiger partial charge in [0.25, 0.3) is 0 Å². The summed E-state index contributed by atoms with van der Waals surface area (Å²) in [5, 5.41) is 4.89. The topological polar surface area (TPSA) is 54.7 Å². The second-order valence-electron chi connectivity index (χ2n) is 10.4. The van der Waals surface area contributed by atoms with Crippen LogP contribution in [0, 0.1) is 18.2 Å². The van der Waals surface area contributed by atoms with E-state index in [-0.39, 0.29) is 17.9 Å². The number of fused-ring (bicyclic) bond motifs is 1. The Morgan fingerprint density at radius 1 is 1.19 bits per heavy atom. The Morgan fingerprint density at radius 2 is 2.00 bits per heavy atom. The van der Waals surface area contributed by atoms with Crippen LogP contribution in [0.15, 0.2) is 65.7 Å². The molecule has 1 N–H and O–H groups in total. The standard InChI is InChI=1S/C29H32FN5O/c1-4-24-27(21-6-8-23(30)9-7-21)35-17-29(11-12-29)15-22(28(35)33-32-24)13-20-5-10-25(26(14-20)36-3)34-16-19(2)31-18-34/h5-10,13-14,16,18,24,27,32H,4,11-12,15,17H2,1-3H3/b22-13+. The van der Waals surface area contributed by atoms with Crippen LogP contribution in [0.5, 0.6) is 5.75 Å². The number of amidine groups is 1. The highest BCUT2D eigenvalue weighted by atomic mass is 19.1. The van der Waals surface area contributed by atoms with Crippen molar-refractivity contribution >= 4 is 11.9 Å². The smallest absolute Gasteiger partial charge is 0.152 e. The SMILES string of the molecule is CCC1NN=C2/C(=C/c3ccc(-n4cnc(C)c4)c(OC)c3)CC3(CC3)CN2C1c1ccc(F)cc1. The molecule has 2 fully saturated rings. The molecule has 0 radical (unpaired) electrons. The molecule has 1 spiro atoms. The molecule has 3 aliphatic rings. The quantitative estimate of drug-likeness (QED) is 0.509. The van der Waals surface area contributed by atoms with Crippen molar-refractivity contribution in [1.29, 1.82) is 0 Å². The highest BCUT2D eigenvalue weighted by Crippen LogP contribution is 2.56. The van der Waals surface area contributed by atoms with Gasteiger partial charge in [-0.2, -0.15) is 5.10 Å². The van der Waals surface area contributed by atoms with E-state index in [4.69, 9.17) is 9.84 Å². The molecule has 36 heavy (non-hydrogen) atoms. The molecule has 0 amide bonds. The first-order chi connectivity index (χ1) is 17.5. The molecule has 2 atom stereocenters. The normalized spacial score (nSPS) is 23.3. The molecule has 1 aliphatic carbocycles. The minimum absolute atomic E-state index is 0.116. The van der Waals surface area contributed by atoms with Gasteiger partial charge in [-0.1, -0.05) is 25.1 Å². The van der Waals surface area contributed by atoms with Gasteiger partial charge in [0, 0.05) is 12.7 Å². The second-order valence-corrected chi connectivity index (χ2v) is 10.4. The molecule has 1 saturated carbocycles. The van der Waals surface area contributed by atoms with Gasteiger partial charge in [0.1, 0.15) is 11.6 Å². The fourth-order valence-corrected chi connectivity index (χ4v) is 5.72. The summed E-state index contributed by atoms with van der Waals surface area (Å²) in [6, 6.07) is 13.6. The molecule has 2 aliphatic heterocycles. The van der Waals surface area contributed by atoms with Crippen LogP contribution in [0.1, 0.15) is 55.5 Å². The Kier molecular flexibility index (Phi) is 5.58. The molecule has 0 bridgehead atoms. The molecular formula is C29H32FN5O. The van der Waals surface area contributed by atoms with E-state index in [1.54, 1.807) is 19.2 Å². The minimum atomic E-state index is -0.203. The van der Waals surface area contributed by atoms with Gasteiger partial charge in [0.2, 0.25) is 0 Å². The third-order valence-electron chi connectivity index (χ3n) is 7.83. The Balaban J connectivity index is 1.38. The second kappa shape index (κ2) is 8.80. The van der Waals surface area contributed by atoms with Crippen LogP contribution in [0.25, 0.3) is 11.8 Å². The molecule has 3 heterocycles. The first-order valence-corrected chi connectivity index (χ1v) is 12.7. The van der Waals surface area contributed by atoms with Gasteiger partial charge in [-0.15, -0.1) is 0 Å². The lowest BCUT2D eigenvalue weighted by atomic mass is 9.84. The number of hydrogen-bond acceptors (Lipinski definition) is 5. The molecule has 2 aromatic carbocycles. The highest BCUT2D eigenvalue weighted by molar-refractivity contribution is 6.03. The van der Waals surface area contributed by atoms with E-state index in [0.29, 0.717) is 5.41 Å². The Labute approximate surface area is 211 Å². The van der Waals surface area contributed by atoms with Crippen molar-refractivity contribution in [2.45, 2.75) is 51.6 Å². The molecule has 2 unspecified atom stereocenters. The lowest BCUT2D eigenvalue weighted by Gasteiger charge is -2.47. The number of rotatable bonds is 5. The van der Waals surface area contributed by atoms with Crippen LogP contribution >= 0.6 is 0 Å². The number of piperidine rings is 1. The van der Waals surface area contributed by atoms with Gasteiger partial charge < -0.3 is 19.6 Å². The zero-order valence-electron chi connectivity index (χ0n) is 21.0. The number of benzene rings is 2. The average Bonchev–Trinajstić information content (AvgIpc) is 3.49. The van der Waals surface area contributed by atoms with Crippen molar-refractivity contribution in [1.82, 2.24) is 19.9 Å². The van der Waals surface area contributed by atoms with Crippen molar-refractivity contribution in [3.63, 3.8) is 0 Å². The number of methoxy groups -OCH3 is 1. The number of halogens is 1. The number of nitrogens with zero attached hydrogens (tertiary/aromatic N) is 4. The summed E-state index contributed by atoms with van der Waals surface area (Å²) in [4.78, 5) is 6.82. The molecule has 3 aromatic rings. The number of imidazole rings is 1. The number of hydrogen-bond donors (Lipinski definition) is 1. The average molecular weight is 486 g/mol. The number of hydrazone groups is 1. The summed E-state index contributed by atoms with van der Waals surface area (Å²) in [7, 11) is 1.70. The van der Waals surface area contributed by atoms with Crippen molar-refractivity contribution in [3.8, 4) is 11.4 Å². The Bertz CT molecular complexity index is 1340. The molecule has 6 nitrogen and oxygen atoms in total. The first-order valence-electron chi connectivity index (χ1n) is 12.7. The van der Waals surface area contributed by atoms with Crippen LogP contribution in [0.4, 0.5) is 4.39 Å².